The molecule has 0 aliphatic rings. The predicted octanol–water partition coefficient (Wildman–Crippen LogP) is 0.922. The number of nitrogens with zero attached hydrogens (tertiary/aromatic N) is 2. The zero-order valence-electron chi connectivity index (χ0n) is 10.7. The van der Waals surface area contributed by atoms with Crippen LogP contribution in [0.4, 0.5) is 0 Å². The monoisotopic (exact) mass is 281 g/mol. The van der Waals surface area contributed by atoms with Crippen LogP contribution in [0.5, 0.6) is 0 Å². The summed E-state index contributed by atoms with van der Waals surface area (Å²) in [5, 5.41) is 0. The first kappa shape index (κ1) is 15.2. The van der Waals surface area contributed by atoms with Gasteiger partial charge in [-0.05, 0) is 26.0 Å². The molecule has 1 rings (SSSR count). The molecule has 0 bridgehead atoms. The molecule has 0 radical (unpaired) electrons. The molecular formula is C12H15N3O3S. The van der Waals surface area contributed by atoms with Gasteiger partial charge < -0.3 is 5.53 Å². The van der Waals surface area contributed by atoms with E-state index in [-0.39, 0.29) is 11.3 Å². The molecule has 19 heavy (non-hydrogen) atoms. The summed E-state index contributed by atoms with van der Waals surface area (Å²) in [6, 6.07) is 5.81. The molecule has 1 aromatic rings. The van der Waals surface area contributed by atoms with Crippen molar-refractivity contribution < 1.29 is 18.0 Å². The standard InChI is InChI=1S/C12H15N3O3S/c1-9-3-5-12(6-4-9)19(17,18)15-10(2)7-11(16)8-14-13/h3-6,8,10,15H,7H2,1-2H3/t10-/m0/s1. The quantitative estimate of drug-likeness (QED) is 0.476. The molecule has 0 saturated carbocycles. The lowest BCUT2D eigenvalue weighted by atomic mass is 10.2. The lowest BCUT2D eigenvalue weighted by Gasteiger charge is -2.12. The summed E-state index contributed by atoms with van der Waals surface area (Å²) >= 11 is 0. The van der Waals surface area contributed by atoms with Gasteiger partial charge in [-0.2, -0.15) is 4.79 Å². The molecule has 0 amide bonds. The van der Waals surface area contributed by atoms with E-state index in [0.29, 0.717) is 0 Å². The molecular weight excluding hydrogens is 266 g/mol. The zero-order valence-corrected chi connectivity index (χ0v) is 11.5. The second-order valence-corrected chi connectivity index (χ2v) is 5.96. The lowest BCUT2D eigenvalue weighted by molar-refractivity contribution is -0.116. The van der Waals surface area contributed by atoms with Gasteiger partial charge in [0.25, 0.3) is 0 Å². The molecule has 1 atom stereocenters. The number of ketones is 1. The lowest BCUT2D eigenvalue weighted by Crippen LogP contribution is -2.34. The second-order valence-electron chi connectivity index (χ2n) is 4.25. The molecule has 0 unspecified atom stereocenters. The highest BCUT2D eigenvalue weighted by Gasteiger charge is 2.19. The molecule has 6 nitrogen and oxygen atoms in total. The Morgan fingerprint density at radius 2 is 2.00 bits per heavy atom. The Balaban J connectivity index is 2.77. The van der Waals surface area contributed by atoms with Crippen molar-refractivity contribution in [2.75, 3.05) is 0 Å². The van der Waals surface area contributed by atoms with Gasteiger partial charge in [-0.3, -0.25) is 4.79 Å². The van der Waals surface area contributed by atoms with Crippen molar-refractivity contribution in [2.24, 2.45) is 0 Å². The average molecular weight is 281 g/mol. The van der Waals surface area contributed by atoms with E-state index >= 15 is 0 Å². The summed E-state index contributed by atoms with van der Waals surface area (Å²) in [4.78, 5) is 13.9. The van der Waals surface area contributed by atoms with Crippen molar-refractivity contribution >= 4 is 22.0 Å². The van der Waals surface area contributed by atoms with Gasteiger partial charge >= 0.3 is 6.21 Å². The number of rotatable bonds is 6. The van der Waals surface area contributed by atoms with E-state index in [1.54, 1.807) is 19.1 Å². The number of nitrogens with one attached hydrogen (secondary N) is 1. The van der Waals surface area contributed by atoms with Crippen LogP contribution >= 0.6 is 0 Å². The number of hydrogen-bond acceptors (Lipinski definition) is 3. The van der Waals surface area contributed by atoms with E-state index < -0.39 is 21.8 Å². The third kappa shape index (κ3) is 4.75. The van der Waals surface area contributed by atoms with E-state index in [2.05, 4.69) is 9.51 Å². The summed E-state index contributed by atoms with van der Waals surface area (Å²) in [6.07, 6.45) is 0.672. The van der Waals surface area contributed by atoms with Gasteiger partial charge in [0.2, 0.25) is 15.8 Å². The number of sulfonamides is 1. The van der Waals surface area contributed by atoms with Crippen molar-refractivity contribution in [2.45, 2.75) is 31.2 Å². The topological polar surface area (TPSA) is 99.6 Å². The number of carbonyl (C=O) groups excluding carboxylic acids is 1. The molecule has 1 aromatic carbocycles. The highest BCUT2D eigenvalue weighted by atomic mass is 32.2. The average Bonchev–Trinajstić information content (AvgIpc) is 2.28. The fourth-order valence-corrected chi connectivity index (χ4v) is 2.75. The first-order chi connectivity index (χ1) is 8.85. The molecule has 0 aliphatic heterocycles. The van der Waals surface area contributed by atoms with Crippen LogP contribution in [0.15, 0.2) is 29.2 Å². The van der Waals surface area contributed by atoms with Crippen LogP contribution in [0.2, 0.25) is 0 Å². The Hall–Kier alpha value is -1.82. The van der Waals surface area contributed by atoms with Gasteiger partial charge in [0, 0.05) is 12.5 Å². The molecule has 7 heteroatoms. The summed E-state index contributed by atoms with van der Waals surface area (Å²) in [7, 11) is -3.65. The Kier molecular flexibility index (Phi) is 5.11. The molecule has 0 fully saturated rings. The number of hydrogen-bond donors (Lipinski definition) is 1. The smallest absolute Gasteiger partial charge is 0.323 e. The van der Waals surface area contributed by atoms with Crippen molar-refractivity contribution in [3.05, 3.63) is 35.4 Å². The molecule has 0 heterocycles. The van der Waals surface area contributed by atoms with Crippen molar-refractivity contribution in [1.82, 2.24) is 4.72 Å². The van der Waals surface area contributed by atoms with Crippen LogP contribution in [-0.4, -0.2) is 31.2 Å². The number of aryl methyl sites for hydroxylation is 1. The Morgan fingerprint density at radius 3 is 2.53 bits per heavy atom. The maximum Gasteiger partial charge on any atom is 0.323 e. The predicted molar refractivity (Wildman–Crippen MR) is 70.3 cm³/mol. The SMILES string of the molecule is Cc1ccc(S(=O)(=O)N[C@@H](C)CC(=O)C=[N+]=[N-])cc1. The zero-order chi connectivity index (χ0) is 14.5. The van der Waals surface area contributed by atoms with E-state index in [9.17, 15) is 13.2 Å². The van der Waals surface area contributed by atoms with Crippen LogP contribution in [0.1, 0.15) is 18.9 Å². The van der Waals surface area contributed by atoms with E-state index in [1.807, 2.05) is 6.92 Å². The van der Waals surface area contributed by atoms with E-state index in [1.165, 1.54) is 12.1 Å². The largest absolute Gasteiger partial charge is 0.361 e. The maximum absolute atomic E-state index is 12.0. The van der Waals surface area contributed by atoms with Crippen LogP contribution in [-0.2, 0) is 14.8 Å². The van der Waals surface area contributed by atoms with Gasteiger partial charge in [-0.15, -0.1) is 0 Å². The van der Waals surface area contributed by atoms with Crippen molar-refractivity contribution in [3.8, 4) is 0 Å². The number of Topliss-reactive ketones (excluding diaryl/α,β-unsaturated/α-hetero) is 1. The molecule has 1 N–H and O–H groups in total. The highest BCUT2D eigenvalue weighted by molar-refractivity contribution is 7.89. The molecule has 102 valence electrons. The molecule has 0 spiro atoms. The summed E-state index contributed by atoms with van der Waals surface area (Å²) in [5.74, 6) is -0.457. The first-order valence-electron chi connectivity index (χ1n) is 5.64. The van der Waals surface area contributed by atoms with E-state index in [4.69, 9.17) is 5.53 Å². The Bertz CT molecular complexity index is 602. The third-order valence-electron chi connectivity index (χ3n) is 2.40. The minimum Gasteiger partial charge on any atom is -0.361 e. The minimum atomic E-state index is -3.65. The Labute approximate surface area is 112 Å². The van der Waals surface area contributed by atoms with Gasteiger partial charge in [0.05, 0.1) is 4.90 Å². The van der Waals surface area contributed by atoms with Gasteiger partial charge in [0.1, 0.15) is 0 Å². The van der Waals surface area contributed by atoms with Crippen molar-refractivity contribution in [1.29, 1.82) is 0 Å². The van der Waals surface area contributed by atoms with Crippen LogP contribution in [0.3, 0.4) is 0 Å². The number of benzene rings is 1. The molecule has 0 aromatic heterocycles. The Morgan fingerprint density at radius 1 is 1.42 bits per heavy atom. The van der Waals surface area contributed by atoms with E-state index in [0.717, 1.165) is 11.8 Å². The molecule has 0 saturated heterocycles. The summed E-state index contributed by atoms with van der Waals surface area (Å²) < 4.78 is 26.4. The number of carbonyl (C=O) groups is 1. The normalized spacial score (nSPS) is 12.5. The third-order valence-corrected chi connectivity index (χ3v) is 4.00. The fourth-order valence-electron chi connectivity index (χ4n) is 1.51. The van der Waals surface area contributed by atoms with Crippen LogP contribution in [0, 0.1) is 6.92 Å². The summed E-state index contributed by atoms with van der Waals surface area (Å²) in [6.45, 7) is 3.42. The first-order valence-corrected chi connectivity index (χ1v) is 7.12. The maximum atomic E-state index is 12.0. The second kappa shape index (κ2) is 6.38. The fraction of sp³-hybridized carbons (Fsp3) is 0.333. The van der Waals surface area contributed by atoms with Crippen LogP contribution in [0.25, 0.3) is 5.53 Å². The van der Waals surface area contributed by atoms with Crippen molar-refractivity contribution in [3.63, 3.8) is 0 Å². The summed E-state index contributed by atoms with van der Waals surface area (Å²) in [5.41, 5.74) is 9.16. The van der Waals surface area contributed by atoms with Gasteiger partial charge in [-0.1, -0.05) is 17.7 Å². The molecule has 0 aliphatic carbocycles. The van der Waals surface area contributed by atoms with Crippen LogP contribution < -0.4 is 4.72 Å². The minimum absolute atomic E-state index is 0.0743. The van der Waals surface area contributed by atoms with Gasteiger partial charge in [0.15, 0.2) is 0 Å². The van der Waals surface area contributed by atoms with Gasteiger partial charge in [-0.25, -0.2) is 13.1 Å². The highest BCUT2D eigenvalue weighted by Crippen LogP contribution is 2.11.